The zero-order chi connectivity index (χ0) is 24.1. The van der Waals surface area contributed by atoms with E-state index >= 15 is 0 Å². The molecule has 2 aromatic heterocycles. The van der Waals surface area contributed by atoms with Gasteiger partial charge in [0.25, 0.3) is 0 Å². The van der Waals surface area contributed by atoms with Crippen molar-refractivity contribution in [3.8, 4) is 15.5 Å². The molecule has 0 fully saturated rings. The Bertz CT molecular complexity index is 1230. The molecule has 1 aromatic carbocycles. The number of esters is 1. The minimum absolute atomic E-state index is 0.0926. The van der Waals surface area contributed by atoms with Gasteiger partial charge in [-0.3, -0.25) is 19.8 Å². The molecule has 0 aliphatic carbocycles. The number of nitrogens with one attached hydrogen (secondary N) is 1. The van der Waals surface area contributed by atoms with Crippen LogP contribution in [0, 0.1) is 11.3 Å². The van der Waals surface area contributed by atoms with Crippen molar-refractivity contribution in [3.05, 3.63) is 63.8 Å². The van der Waals surface area contributed by atoms with Gasteiger partial charge in [-0.25, -0.2) is 4.79 Å². The van der Waals surface area contributed by atoms with Gasteiger partial charge in [-0.2, -0.15) is 0 Å². The van der Waals surface area contributed by atoms with Crippen LogP contribution in [0.1, 0.15) is 37.7 Å². The second-order valence-electron chi connectivity index (χ2n) is 6.92. The molecule has 2 heterocycles. The SMILES string of the molecule is N=C(N)c1ccc(OC(=O)c2ccc(-c3ccc(C(=O)C[C@@H](CC(=O)O)C(=O)O)s3)s2)cc1. The standard InChI is InChI=1S/C22H18N2O7S2/c23-20(24)11-1-3-13(4-2-11)31-22(30)18-8-7-17(33-18)16-6-5-15(32-16)14(25)9-12(21(28)29)10-19(26)27/h1-8,12H,9-10H2,(H3,23,24)(H,26,27)(H,28,29)/t12-/m0/s1. The topological polar surface area (TPSA) is 168 Å². The highest BCUT2D eigenvalue weighted by Crippen LogP contribution is 2.35. The summed E-state index contributed by atoms with van der Waals surface area (Å²) in [4.78, 5) is 49.0. The molecule has 0 aliphatic rings. The predicted octanol–water partition coefficient (Wildman–Crippen LogP) is 3.73. The number of benzene rings is 1. The number of carboxylic acid groups (broad SMARTS) is 2. The Morgan fingerprint density at radius 3 is 2.00 bits per heavy atom. The van der Waals surface area contributed by atoms with Crippen molar-refractivity contribution in [1.29, 1.82) is 5.41 Å². The fourth-order valence-electron chi connectivity index (χ4n) is 2.84. The number of carbonyl (C=O) groups excluding carboxylic acids is 2. The Morgan fingerprint density at radius 1 is 0.879 bits per heavy atom. The monoisotopic (exact) mass is 486 g/mol. The third-order valence-corrected chi connectivity index (χ3v) is 6.90. The molecule has 0 radical (unpaired) electrons. The Labute approximate surface area is 195 Å². The number of ether oxygens (including phenoxy) is 1. The zero-order valence-electron chi connectivity index (χ0n) is 16.9. The number of hydrogen-bond acceptors (Lipinski definition) is 8. The number of nitrogen functional groups attached to an aromatic ring is 1. The van der Waals surface area contributed by atoms with Crippen molar-refractivity contribution < 1.29 is 34.1 Å². The van der Waals surface area contributed by atoms with Gasteiger partial charge in [0.05, 0.1) is 17.2 Å². The van der Waals surface area contributed by atoms with Gasteiger partial charge in [-0.15, -0.1) is 22.7 Å². The molecule has 0 amide bonds. The Kier molecular flexibility index (Phi) is 7.36. The van der Waals surface area contributed by atoms with Crippen molar-refractivity contribution in [1.82, 2.24) is 0 Å². The smallest absolute Gasteiger partial charge is 0.353 e. The average Bonchev–Trinajstić information content (AvgIpc) is 3.43. The van der Waals surface area contributed by atoms with Crippen molar-refractivity contribution in [2.45, 2.75) is 12.8 Å². The lowest BCUT2D eigenvalue weighted by atomic mass is 9.98. The van der Waals surface area contributed by atoms with Crippen LogP contribution in [0.15, 0.2) is 48.5 Å². The molecule has 0 saturated heterocycles. The number of ketones is 1. The second kappa shape index (κ2) is 10.2. The van der Waals surface area contributed by atoms with Crippen LogP contribution in [-0.4, -0.2) is 39.7 Å². The summed E-state index contributed by atoms with van der Waals surface area (Å²) in [5, 5.41) is 25.3. The van der Waals surface area contributed by atoms with E-state index in [0.29, 0.717) is 25.9 Å². The number of Topliss-reactive ketones (excluding diaryl/α,β-unsaturated/α-hetero) is 1. The molecule has 0 spiro atoms. The molecule has 0 aliphatic heterocycles. The average molecular weight is 487 g/mol. The normalized spacial score (nSPS) is 11.5. The van der Waals surface area contributed by atoms with Crippen LogP contribution in [0.25, 0.3) is 9.75 Å². The molecule has 0 saturated carbocycles. The van der Waals surface area contributed by atoms with Crippen LogP contribution in [0.4, 0.5) is 0 Å². The number of hydrogen-bond donors (Lipinski definition) is 4. The van der Waals surface area contributed by atoms with E-state index in [2.05, 4.69) is 0 Å². The minimum atomic E-state index is -1.33. The van der Waals surface area contributed by atoms with Crippen LogP contribution in [-0.2, 0) is 9.59 Å². The van der Waals surface area contributed by atoms with E-state index in [-0.39, 0.29) is 5.84 Å². The molecule has 9 nitrogen and oxygen atoms in total. The fraction of sp³-hybridized carbons (Fsp3) is 0.136. The van der Waals surface area contributed by atoms with Gasteiger partial charge in [-0.1, -0.05) is 0 Å². The number of carbonyl (C=O) groups is 4. The van der Waals surface area contributed by atoms with Crippen molar-refractivity contribution >= 4 is 52.2 Å². The molecule has 33 heavy (non-hydrogen) atoms. The maximum atomic E-state index is 12.4. The van der Waals surface area contributed by atoms with Crippen LogP contribution in [0.5, 0.6) is 5.75 Å². The fourth-order valence-corrected chi connectivity index (χ4v) is 4.77. The van der Waals surface area contributed by atoms with Crippen molar-refractivity contribution in [3.63, 3.8) is 0 Å². The summed E-state index contributed by atoms with van der Waals surface area (Å²) >= 11 is 2.31. The van der Waals surface area contributed by atoms with Crippen LogP contribution in [0.2, 0.25) is 0 Å². The van der Waals surface area contributed by atoms with E-state index in [0.717, 1.165) is 16.2 Å². The first kappa shape index (κ1) is 23.8. The summed E-state index contributed by atoms with van der Waals surface area (Å²) < 4.78 is 5.33. The van der Waals surface area contributed by atoms with Gasteiger partial charge in [0.2, 0.25) is 0 Å². The Morgan fingerprint density at radius 2 is 1.45 bits per heavy atom. The van der Waals surface area contributed by atoms with E-state index in [1.54, 1.807) is 36.4 Å². The van der Waals surface area contributed by atoms with Gasteiger partial charge in [0, 0.05) is 21.7 Å². The van der Waals surface area contributed by atoms with E-state index in [1.165, 1.54) is 23.5 Å². The molecular formula is C22H18N2O7S2. The van der Waals surface area contributed by atoms with E-state index in [4.69, 9.17) is 26.1 Å². The van der Waals surface area contributed by atoms with Gasteiger partial charge in [0.15, 0.2) is 5.78 Å². The molecule has 11 heteroatoms. The summed E-state index contributed by atoms with van der Waals surface area (Å²) in [6.45, 7) is 0. The highest BCUT2D eigenvalue weighted by Gasteiger charge is 2.25. The first-order valence-corrected chi connectivity index (χ1v) is 11.1. The first-order valence-electron chi connectivity index (χ1n) is 9.48. The molecule has 3 aromatic rings. The maximum Gasteiger partial charge on any atom is 0.353 e. The van der Waals surface area contributed by atoms with Gasteiger partial charge >= 0.3 is 17.9 Å². The van der Waals surface area contributed by atoms with E-state index in [9.17, 15) is 19.2 Å². The quantitative estimate of drug-likeness (QED) is 0.110. The lowest BCUT2D eigenvalue weighted by Gasteiger charge is -2.07. The molecule has 1 atom stereocenters. The maximum absolute atomic E-state index is 12.4. The largest absolute Gasteiger partial charge is 0.481 e. The Balaban J connectivity index is 1.67. The minimum Gasteiger partial charge on any atom is -0.481 e. The van der Waals surface area contributed by atoms with Crippen molar-refractivity contribution in [2.24, 2.45) is 11.7 Å². The highest BCUT2D eigenvalue weighted by molar-refractivity contribution is 7.23. The molecule has 5 N–H and O–H groups in total. The summed E-state index contributed by atoms with van der Waals surface area (Å²) in [5.74, 6) is -4.72. The zero-order valence-corrected chi connectivity index (χ0v) is 18.6. The Hall–Kier alpha value is -3.83. The number of aliphatic carboxylic acids is 2. The van der Waals surface area contributed by atoms with Crippen LogP contribution >= 0.6 is 22.7 Å². The van der Waals surface area contributed by atoms with Gasteiger partial charge in [0.1, 0.15) is 16.5 Å². The molecule has 0 bridgehead atoms. The number of nitrogens with two attached hydrogens (primary N) is 1. The predicted molar refractivity (Wildman–Crippen MR) is 122 cm³/mol. The summed E-state index contributed by atoms with van der Waals surface area (Å²) in [6, 6.07) is 12.8. The first-order chi connectivity index (χ1) is 15.6. The third kappa shape index (κ3) is 6.11. The number of carboxylic acids is 2. The van der Waals surface area contributed by atoms with Crippen LogP contribution in [0.3, 0.4) is 0 Å². The highest BCUT2D eigenvalue weighted by atomic mass is 32.1. The van der Waals surface area contributed by atoms with E-state index < -0.39 is 42.5 Å². The van der Waals surface area contributed by atoms with Gasteiger partial charge < -0.3 is 20.7 Å². The van der Waals surface area contributed by atoms with E-state index in [1.807, 2.05) is 0 Å². The molecule has 3 rings (SSSR count). The molecule has 0 unspecified atom stereocenters. The third-order valence-electron chi connectivity index (χ3n) is 4.51. The summed E-state index contributed by atoms with van der Waals surface area (Å²) in [7, 11) is 0. The lowest BCUT2D eigenvalue weighted by molar-refractivity contribution is -0.148. The summed E-state index contributed by atoms with van der Waals surface area (Å²) in [5.41, 5.74) is 5.91. The lowest BCUT2D eigenvalue weighted by Crippen LogP contribution is -2.21. The number of thiophene rings is 2. The van der Waals surface area contributed by atoms with Crippen molar-refractivity contribution in [2.75, 3.05) is 0 Å². The number of amidine groups is 1. The molecule has 170 valence electrons. The summed E-state index contributed by atoms with van der Waals surface area (Å²) in [6.07, 6.45) is -1.04. The van der Waals surface area contributed by atoms with Crippen LogP contribution < -0.4 is 10.5 Å². The second-order valence-corrected chi connectivity index (χ2v) is 9.08. The van der Waals surface area contributed by atoms with Gasteiger partial charge in [-0.05, 0) is 48.5 Å². The number of rotatable bonds is 10. The molecular weight excluding hydrogens is 468 g/mol.